The molecular formula is C22H20Cl2N6O2S2. The number of benzene rings is 2. The van der Waals surface area contributed by atoms with E-state index in [4.69, 9.17) is 23.2 Å². The van der Waals surface area contributed by atoms with Crippen LogP contribution in [-0.2, 0) is 11.3 Å². The van der Waals surface area contributed by atoms with Crippen molar-refractivity contribution in [2.45, 2.75) is 31.6 Å². The van der Waals surface area contributed by atoms with E-state index in [0.717, 1.165) is 10.2 Å². The summed E-state index contributed by atoms with van der Waals surface area (Å²) in [5, 5.41) is 16.0. The molecule has 0 saturated carbocycles. The Morgan fingerprint density at radius 3 is 2.68 bits per heavy atom. The maximum Gasteiger partial charge on any atom is 0.251 e. The van der Waals surface area contributed by atoms with Crippen LogP contribution in [0.2, 0.25) is 10.0 Å². The van der Waals surface area contributed by atoms with Gasteiger partial charge in [0, 0.05) is 12.1 Å². The Bertz CT molecular complexity index is 1320. The normalized spacial score (nSPS) is 12.0. The molecule has 0 aliphatic rings. The summed E-state index contributed by atoms with van der Waals surface area (Å²) in [6.07, 6.45) is 0. The number of thiazole rings is 1. The predicted octanol–water partition coefficient (Wildman–Crippen LogP) is 5.44. The number of amides is 2. The first kappa shape index (κ1) is 24.5. The van der Waals surface area contributed by atoms with E-state index in [1.807, 2.05) is 42.7 Å². The third kappa shape index (κ3) is 5.52. The fraction of sp³-hybridized carbons (Fsp3) is 0.227. The van der Waals surface area contributed by atoms with Gasteiger partial charge in [-0.15, -0.1) is 10.2 Å². The standard InChI is InChI=1S/C22H20Cl2N6O2S2/c1-3-30-19(12(2)25-20(32)13-8-9-14(23)15(24)10-13)28-29-22(30)33-11-18(31)27-21-26-16-6-4-5-7-17(16)34-21/h4-10,12H,3,11H2,1-2H3,(H,25,32)(H,26,27,31)/t12-/m1/s1. The Balaban J connectivity index is 1.38. The molecule has 2 N–H and O–H groups in total. The highest BCUT2D eigenvalue weighted by Gasteiger charge is 2.21. The molecule has 0 bridgehead atoms. The molecule has 0 saturated heterocycles. The Morgan fingerprint density at radius 2 is 1.94 bits per heavy atom. The van der Waals surface area contributed by atoms with Crippen LogP contribution in [0.5, 0.6) is 0 Å². The highest BCUT2D eigenvalue weighted by atomic mass is 35.5. The zero-order valence-electron chi connectivity index (χ0n) is 18.2. The van der Waals surface area contributed by atoms with E-state index in [-0.39, 0.29) is 17.6 Å². The average Bonchev–Trinajstić information content (AvgIpc) is 3.42. The number of nitrogens with zero attached hydrogens (tertiary/aromatic N) is 4. The molecule has 34 heavy (non-hydrogen) atoms. The third-order valence-electron chi connectivity index (χ3n) is 4.85. The summed E-state index contributed by atoms with van der Waals surface area (Å²) in [5.74, 6) is 0.251. The summed E-state index contributed by atoms with van der Waals surface area (Å²) in [4.78, 5) is 29.5. The van der Waals surface area contributed by atoms with Crippen molar-refractivity contribution in [1.29, 1.82) is 0 Å². The van der Waals surface area contributed by atoms with Gasteiger partial charge in [0.2, 0.25) is 5.91 Å². The molecule has 4 aromatic rings. The Hall–Kier alpha value is -2.66. The summed E-state index contributed by atoms with van der Waals surface area (Å²) in [5.41, 5.74) is 1.24. The van der Waals surface area contributed by atoms with Crippen LogP contribution < -0.4 is 10.6 Å². The van der Waals surface area contributed by atoms with Crippen molar-refractivity contribution in [2.24, 2.45) is 0 Å². The lowest BCUT2D eigenvalue weighted by molar-refractivity contribution is -0.113. The average molecular weight is 535 g/mol. The van der Waals surface area contributed by atoms with E-state index in [2.05, 4.69) is 25.8 Å². The highest BCUT2D eigenvalue weighted by Crippen LogP contribution is 2.27. The van der Waals surface area contributed by atoms with E-state index in [0.29, 0.717) is 38.3 Å². The van der Waals surface area contributed by atoms with Gasteiger partial charge in [-0.25, -0.2) is 4.98 Å². The number of aromatic nitrogens is 4. The number of carbonyl (C=O) groups is 2. The topological polar surface area (TPSA) is 102 Å². The largest absolute Gasteiger partial charge is 0.342 e. The van der Waals surface area contributed by atoms with Crippen molar-refractivity contribution in [1.82, 2.24) is 25.1 Å². The van der Waals surface area contributed by atoms with E-state index in [1.54, 1.807) is 12.1 Å². The summed E-state index contributed by atoms with van der Waals surface area (Å²) in [6.45, 7) is 4.35. The Kier molecular flexibility index (Phi) is 7.72. The van der Waals surface area contributed by atoms with Crippen LogP contribution >= 0.6 is 46.3 Å². The van der Waals surface area contributed by atoms with Crippen LogP contribution in [-0.4, -0.2) is 37.3 Å². The van der Waals surface area contributed by atoms with Crippen molar-refractivity contribution >= 4 is 73.5 Å². The van der Waals surface area contributed by atoms with Crippen molar-refractivity contribution in [2.75, 3.05) is 11.1 Å². The molecule has 0 radical (unpaired) electrons. The molecule has 0 aliphatic heterocycles. The molecule has 4 rings (SSSR count). The van der Waals surface area contributed by atoms with Gasteiger partial charge in [-0.05, 0) is 44.2 Å². The van der Waals surface area contributed by atoms with Crippen molar-refractivity contribution in [3.8, 4) is 0 Å². The molecule has 12 heteroatoms. The first-order chi connectivity index (χ1) is 16.4. The number of fused-ring (bicyclic) bond motifs is 1. The number of anilines is 1. The van der Waals surface area contributed by atoms with Crippen molar-refractivity contribution in [3.05, 3.63) is 63.9 Å². The van der Waals surface area contributed by atoms with Gasteiger partial charge in [-0.3, -0.25) is 9.59 Å². The molecule has 0 fully saturated rings. The molecule has 2 aromatic heterocycles. The van der Waals surface area contributed by atoms with Gasteiger partial charge in [0.1, 0.15) is 0 Å². The van der Waals surface area contributed by atoms with Gasteiger partial charge in [-0.1, -0.05) is 58.4 Å². The Labute approximate surface area is 214 Å². The second kappa shape index (κ2) is 10.7. The summed E-state index contributed by atoms with van der Waals surface area (Å²) in [6, 6.07) is 12.0. The molecule has 2 aromatic carbocycles. The van der Waals surface area contributed by atoms with Crippen molar-refractivity contribution < 1.29 is 9.59 Å². The fourth-order valence-electron chi connectivity index (χ4n) is 3.22. The number of carbonyl (C=O) groups excluding carboxylic acids is 2. The molecule has 2 amide bonds. The molecule has 2 heterocycles. The van der Waals surface area contributed by atoms with Crippen LogP contribution in [0.3, 0.4) is 0 Å². The smallest absolute Gasteiger partial charge is 0.251 e. The SMILES string of the molecule is CCn1c(SCC(=O)Nc2nc3ccccc3s2)nnc1[C@@H](C)NC(=O)c1ccc(Cl)c(Cl)c1. The molecule has 8 nitrogen and oxygen atoms in total. The lowest BCUT2D eigenvalue weighted by atomic mass is 10.2. The number of rotatable bonds is 8. The van der Waals surface area contributed by atoms with Crippen LogP contribution in [0, 0.1) is 0 Å². The number of thioether (sulfide) groups is 1. The molecule has 1 atom stereocenters. The van der Waals surface area contributed by atoms with Gasteiger partial charge in [0.25, 0.3) is 5.91 Å². The quantitative estimate of drug-likeness (QED) is 0.292. The summed E-state index contributed by atoms with van der Waals surface area (Å²) >= 11 is 14.6. The predicted molar refractivity (Wildman–Crippen MR) is 137 cm³/mol. The van der Waals surface area contributed by atoms with Crippen LogP contribution in [0.25, 0.3) is 10.2 Å². The first-order valence-electron chi connectivity index (χ1n) is 10.3. The second-order valence-corrected chi connectivity index (χ2v) is 10.0. The third-order valence-corrected chi connectivity index (χ3v) is 7.51. The van der Waals surface area contributed by atoms with Gasteiger partial charge in [0.15, 0.2) is 16.1 Å². The minimum atomic E-state index is -0.416. The monoisotopic (exact) mass is 534 g/mol. The zero-order chi connectivity index (χ0) is 24.2. The lowest BCUT2D eigenvalue weighted by Crippen LogP contribution is -2.28. The van der Waals surface area contributed by atoms with Gasteiger partial charge >= 0.3 is 0 Å². The van der Waals surface area contributed by atoms with Gasteiger partial charge in [-0.2, -0.15) is 0 Å². The first-order valence-corrected chi connectivity index (χ1v) is 12.9. The second-order valence-electron chi connectivity index (χ2n) is 7.23. The summed E-state index contributed by atoms with van der Waals surface area (Å²) < 4.78 is 2.88. The number of nitrogens with one attached hydrogen (secondary N) is 2. The van der Waals surface area contributed by atoms with Gasteiger partial charge < -0.3 is 15.2 Å². The number of hydrogen-bond acceptors (Lipinski definition) is 7. The van der Waals surface area contributed by atoms with Crippen LogP contribution in [0.1, 0.15) is 36.1 Å². The van der Waals surface area contributed by atoms with E-state index < -0.39 is 6.04 Å². The van der Waals surface area contributed by atoms with E-state index in [9.17, 15) is 9.59 Å². The van der Waals surface area contributed by atoms with Crippen LogP contribution in [0.4, 0.5) is 5.13 Å². The maximum absolute atomic E-state index is 12.6. The minimum Gasteiger partial charge on any atom is -0.342 e. The number of hydrogen-bond donors (Lipinski definition) is 2. The Morgan fingerprint density at radius 1 is 1.15 bits per heavy atom. The number of halogens is 2. The van der Waals surface area contributed by atoms with Gasteiger partial charge in [0.05, 0.1) is 32.1 Å². The zero-order valence-corrected chi connectivity index (χ0v) is 21.4. The number of para-hydroxylation sites is 1. The maximum atomic E-state index is 12.6. The molecule has 0 aliphatic carbocycles. The van der Waals surface area contributed by atoms with E-state index in [1.165, 1.54) is 29.2 Å². The fourth-order valence-corrected chi connectivity index (χ4v) is 5.21. The van der Waals surface area contributed by atoms with Crippen LogP contribution in [0.15, 0.2) is 47.6 Å². The molecular weight excluding hydrogens is 515 g/mol. The molecule has 176 valence electrons. The molecule has 0 unspecified atom stereocenters. The highest BCUT2D eigenvalue weighted by molar-refractivity contribution is 7.99. The minimum absolute atomic E-state index is 0.151. The lowest BCUT2D eigenvalue weighted by Gasteiger charge is -2.15. The molecule has 0 spiro atoms. The summed E-state index contributed by atoms with van der Waals surface area (Å²) in [7, 11) is 0. The van der Waals surface area contributed by atoms with E-state index >= 15 is 0 Å². The van der Waals surface area contributed by atoms with Crippen molar-refractivity contribution in [3.63, 3.8) is 0 Å².